The van der Waals surface area contributed by atoms with Gasteiger partial charge in [-0.25, -0.2) is 4.79 Å². The number of hydrogen-bond acceptors (Lipinski definition) is 2. The van der Waals surface area contributed by atoms with E-state index in [0.29, 0.717) is 12.2 Å². The predicted octanol–water partition coefficient (Wildman–Crippen LogP) is 2.81. The van der Waals surface area contributed by atoms with Crippen LogP contribution in [0.3, 0.4) is 0 Å². The first-order valence-corrected chi connectivity index (χ1v) is 4.59. The van der Waals surface area contributed by atoms with Crippen molar-refractivity contribution in [3.63, 3.8) is 0 Å². The van der Waals surface area contributed by atoms with Crippen LogP contribution in [-0.2, 0) is 4.74 Å². The number of aryl methyl sites for hydroxylation is 1. The van der Waals surface area contributed by atoms with Gasteiger partial charge in [-0.1, -0.05) is 24.8 Å². The molecule has 0 amide bonds. The molecular formula is C12H14O2. The highest BCUT2D eigenvalue weighted by atomic mass is 16.5. The quantitative estimate of drug-likeness (QED) is 0.685. The van der Waals surface area contributed by atoms with Crippen molar-refractivity contribution in [1.82, 2.24) is 0 Å². The zero-order valence-corrected chi connectivity index (χ0v) is 8.54. The average molecular weight is 190 g/mol. The number of rotatable bonds is 3. The van der Waals surface area contributed by atoms with Crippen molar-refractivity contribution in [2.45, 2.75) is 13.8 Å². The molecule has 0 spiro atoms. The van der Waals surface area contributed by atoms with Crippen LogP contribution in [0.5, 0.6) is 0 Å². The third-order valence-electron chi connectivity index (χ3n) is 1.98. The molecule has 0 saturated carbocycles. The molecule has 0 bridgehead atoms. The van der Waals surface area contributed by atoms with E-state index in [0.717, 1.165) is 11.1 Å². The smallest absolute Gasteiger partial charge is 0.338 e. The fourth-order valence-electron chi connectivity index (χ4n) is 1.25. The maximum atomic E-state index is 11.4. The van der Waals surface area contributed by atoms with Crippen molar-refractivity contribution in [1.29, 1.82) is 0 Å². The van der Waals surface area contributed by atoms with Crippen molar-refractivity contribution in [2.75, 3.05) is 6.61 Å². The van der Waals surface area contributed by atoms with Crippen molar-refractivity contribution >= 4 is 12.0 Å². The molecule has 0 N–H and O–H groups in total. The first-order chi connectivity index (χ1) is 6.69. The van der Waals surface area contributed by atoms with Gasteiger partial charge in [-0.15, -0.1) is 0 Å². The van der Waals surface area contributed by atoms with E-state index in [1.165, 1.54) is 0 Å². The molecule has 1 rings (SSSR count). The summed E-state index contributed by atoms with van der Waals surface area (Å²) in [6.07, 6.45) is 1.75. The molecule has 0 saturated heterocycles. The Balaban J connectivity index is 2.99. The summed E-state index contributed by atoms with van der Waals surface area (Å²) in [6.45, 7) is 7.76. The highest BCUT2D eigenvalue weighted by molar-refractivity contribution is 5.91. The molecule has 0 aliphatic carbocycles. The Hall–Kier alpha value is -1.57. The van der Waals surface area contributed by atoms with Crippen LogP contribution < -0.4 is 0 Å². The molecule has 0 radical (unpaired) electrons. The van der Waals surface area contributed by atoms with Gasteiger partial charge >= 0.3 is 5.97 Å². The number of carbonyl (C=O) groups excluding carboxylic acids is 1. The van der Waals surface area contributed by atoms with Crippen molar-refractivity contribution in [3.05, 3.63) is 41.5 Å². The van der Waals surface area contributed by atoms with E-state index in [4.69, 9.17) is 4.74 Å². The van der Waals surface area contributed by atoms with Crippen LogP contribution in [0.25, 0.3) is 6.08 Å². The van der Waals surface area contributed by atoms with Gasteiger partial charge in [0.15, 0.2) is 0 Å². The fourth-order valence-corrected chi connectivity index (χ4v) is 1.25. The van der Waals surface area contributed by atoms with Gasteiger partial charge in [0, 0.05) is 0 Å². The number of ether oxygens (including phenoxy) is 1. The Bertz CT molecular complexity index is 353. The Kier molecular flexibility index (Phi) is 3.46. The lowest BCUT2D eigenvalue weighted by Crippen LogP contribution is -2.06. The van der Waals surface area contributed by atoms with E-state index in [1.54, 1.807) is 19.1 Å². The summed E-state index contributed by atoms with van der Waals surface area (Å²) in [7, 11) is 0. The van der Waals surface area contributed by atoms with Gasteiger partial charge in [0.1, 0.15) is 0 Å². The van der Waals surface area contributed by atoms with Gasteiger partial charge in [-0.05, 0) is 31.0 Å². The van der Waals surface area contributed by atoms with Crippen molar-refractivity contribution < 1.29 is 9.53 Å². The molecule has 0 aliphatic rings. The molecule has 0 heterocycles. The van der Waals surface area contributed by atoms with Crippen LogP contribution in [-0.4, -0.2) is 12.6 Å². The van der Waals surface area contributed by atoms with Crippen molar-refractivity contribution in [2.24, 2.45) is 0 Å². The van der Waals surface area contributed by atoms with E-state index in [9.17, 15) is 4.79 Å². The highest BCUT2D eigenvalue weighted by Crippen LogP contribution is 2.13. The Morgan fingerprint density at radius 3 is 2.79 bits per heavy atom. The van der Waals surface area contributed by atoms with Crippen LogP contribution in [0.4, 0.5) is 0 Å². The largest absolute Gasteiger partial charge is 0.462 e. The van der Waals surface area contributed by atoms with E-state index in [-0.39, 0.29) is 5.97 Å². The summed E-state index contributed by atoms with van der Waals surface area (Å²) in [5.74, 6) is -0.263. The highest BCUT2D eigenvalue weighted by Gasteiger charge is 2.08. The van der Waals surface area contributed by atoms with Crippen LogP contribution in [0.1, 0.15) is 28.4 Å². The molecular weight excluding hydrogens is 176 g/mol. The van der Waals surface area contributed by atoms with Crippen molar-refractivity contribution in [3.8, 4) is 0 Å². The van der Waals surface area contributed by atoms with Gasteiger partial charge in [0.2, 0.25) is 0 Å². The summed E-state index contributed by atoms with van der Waals surface area (Å²) < 4.78 is 4.92. The first-order valence-electron chi connectivity index (χ1n) is 4.59. The molecule has 74 valence electrons. The molecule has 2 heteroatoms. The standard InChI is InChI=1S/C12H14O2/c1-4-10-6-7-11(9(3)8-10)12(13)14-5-2/h4,6-8H,1,5H2,2-3H3. The molecule has 0 unspecified atom stereocenters. The molecule has 1 aromatic carbocycles. The first kappa shape index (κ1) is 10.5. The normalized spacial score (nSPS) is 9.57. The minimum atomic E-state index is -0.263. The predicted molar refractivity (Wildman–Crippen MR) is 57.2 cm³/mol. The lowest BCUT2D eigenvalue weighted by Gasteiger charge is -2.05. The summed E-state index contributed by atoms with van der Waals surface area (Å²) in [6, 6.07) is 5.54. The number of esters is 1. The molecule has 0 aromatic heterocycles. The van der Waals surface area contributed by atoms with Gasteiger partial charge in [0.05, 0.1) is 12.2 Å². The number of hydrogen-bond donors (Lipinski definition) is 0. The minimum Gasteiger partial charge on any atom is -0.462 e. The maximum absolute atomic E-state index is 11.4. The topological polar surface area (TPSA) is 26.3 Å². The molecule has 0 atom stereocenters. The lowest BCUT2D eigenvalue weighted by molar-refractivity contribution is 0.0525. The molecule has 0 fully saturated rings. The number of carbonyl (C=O) groups is 1. The Labute approximate surface area is 84.2 Å². The average Bonchev–Trinajstić information content (AvgIpc) is 2.17. The van der Waals surface area contributed by atoms with Crippen LogP contribution in [0, 0.1) is 6.92 Å². The van der Waals surface area contributed by atoms with Crippen LogP contribution >= 0.6 is 0 Å². The summed E-state index contributed by atoms with van der Waals surface area (Å²) in [5.41, 5.74) is 2.55. The second-order valence-electron chi connectivity index (χ2n) is 3.00. The Morgan fingerprint density at radius 2 is 2.29 bits per heavy atom. The summed E-state index contributed by atoms with van der Waals surface area (Å²) >= 11 is 0. The zero-order chi connectivity index (χ0) is 10.6. The van der Waals surface area contributed by atoms with E-state index in [1.807, 2.05) is 19.1 Å². The van der Waals surface area contributed by atoms with E-state index < -0.39 is 0 Å². The van der Waals surface area contributed by atoms with E-state index in [2.05, 4.69) is 6.58 Å². The number of benzene rings is 1. The van der Waals surface area contributed by atoms with Crippen LogP contribution in [0.2, 0.25) is 0 Å². The SMILES string of the molecule is C=Cc1ccc(C(=O)OCC)c(C)c1. The van der Waals surface area contributed by atoms with Gasteiger partial charge in [-0.2, -0.15) is 0 Å². The van der Waals surface area contributed by atoms with Gasteiger partial charge in [-0.3, -0.25) is 0 Å². The lowest BCUT2D eigenvalue weighted by atomic mass is 10.1. The monoisotopic (exact) mass is 190 g/mol. The minimum absolute atomic E-state index is 0.263. The van der Waals surface area contributed by atoms with E-state index >= 15 is 0 Å². The second kappa shape index (κ2) is 4.61. The van der Waals surface area contributed by atoms with Gasteiger partial charge in [0.25, 0.3) is 0 Å². The zero-order valence-electron chi connectivity index (χ0n) is 8.54. The third kappa shape index (κ3) is 2.22. The second-order valence-corrected chi connectivity index (χ2v) is 3.00. The molecule has 2 nitrogen and oxygen atoms in total. The molecule has 1 aromatic rings. The Morgan fingerprint density at radius 1 is 1.57 bits per heavy atom. The van der Waals surface area contributed by atoms with Gasteiger partial charge < -0.3 is 4.74 Å². The third-order valence-corrected chi connectivity index (χ3v) is 1.98. The fraction of sp³-hybridized carbons (Fsp3) is 0.250. The maximum Gasteiger partial charge on any atom is 0.338 e. The summed E-state index contributed by atoms with van der Waals surface area (Å²) in [5, 5.41) is 0. The molecule has 14 heavy (non-hydrogen) atoms. The van der Waals surface area contributed by atoms with Crippen LogP contribution in [0.15, 0.2) is 24.8 Å². The summed E-state index contributed by atoms with van der Waals surface area (Å²) in [4.78, 5) is 11.4. The molecule has 0 aliphatic heterocycles.